The van der Waals surface area contributed by atoms with Crippen LogP contribution in [0.4, 0.5) is 5.69 Å². The number of furan rings is 1. The lowest BCUT2D eigenvalue weighted by molar-refractivity contribution is -0.387. The second kappa shape index (κ2) is 6.45. The number of nitro benzene ring substituents is 1. The molecule has 0 fully saturated rings. The molecule has 0 aliphatic carbocycles. The number of nitro groups is 1. The van der Waals surface area contributed by atoms with Crippen LogP contribution in [-0.4, -0.2) is 29.0 Å². The molecular weight excluding hydrogens is 292 g/mol. The number of hydrogen-bond acceptors (Lipinski definition) is 5. The summed E-state index contributed by atoms with van der Waals surface area (Å²) in [4.78, 5) is 24.8. The number of nitrogens with zero attached hydrogens (tertiary/aromatic N) is 2. The van der Waals surface area contributed by atoms with Gasteiger partial charge < -0.3 is 9.32 Å². The lowest BCUT2D eigenvalue weighted by atomic mass is 10.1. The highest BCUT2D eigenvalue weighted by atomic mass is 32.2. The minimum Gasteiger partial charge on any atom is -0.467 e. The molecule has 7 heteroatoms. The maximum absolute atomic E-state index is 12.3. The number of rotatable bonds is 5. The van der Waals surface area contributed by atoms with Crippen LogP contribution in [0, 0.1) is 10.1 Å². The van der Waals surface area contributed by atoms with E-state index in [0.29, 0.717) is 17.2 Å². The predicted molar refractivity (Wildman–Crippen MR) is 79.4 cm³/mol. The molecule has 1 heterocycles. The summed E-state index contributed by atoms with van der Waals surface area (Å²) >= 11 is 1.27. The van der Waals surface area contributed by atoms with Crippen molar-refractivity contribution in [2.45, 2.75) is 11.4 Å². The van der Waals surface area contributed by atoms with Crippen molar-refractivity contribution in [3.8, 4) is 0 Å². The van der Waals surface area contributed by atoms with Gasteiger partial charge in [-0.3, -0.25) is 14.9 Å². The third kappa shape index (κ3) is 3.43. The summed E-state index contributed by atoms with van der Waals surface area (Å²) in [5.41, 5.74) is 0.230. The highest BCUT2D eigenvalue weighted by molar-refractivity contribution is 7.98. The van der Waals surface area contributed by atoms with Crippen molar-refractivity contribution in [3.05, 3.63) is 58.0 Å². The van der Waals surface area contributed by atoms with Crippen molar-refractivity contribution >= 4 is 23.4 Å². The SMILES string of the molecule is CSc1ccc(C(=O)N(C)Cc2ccco2)cc1[N+](=O)[O-]. The van der Waals surface area contributed by atoms with Gasteiger partial charge in [0.1, 0.15) is 5.76 Å². The topological polar surface area (TPSA) is 76.6 Å². The summed E-state index contributed by atoms with van der Waals surface area (Å²) in [5, 5.41) is 11.0. The Balaban J connectivity index is 2.22. The van der Waals surface area contributed by atoms with Crippen LogP contribution in [0.15, 0.2) is 45.9 Å². The molecule has 0 bridgehead atoms. The summed E-state index contributed by atoms with van der Waals surface area (Å²) < 4.78 is 5.18. The van der Waals surface area contributed by atoms with E-state index in [-0.39, 0.29) is 17.2 Å². The van der Waals surface area contributed by atoms with Gasteiger partial charge in [-0.1, -0.05) is 0 Å². The van der Waals surface area contributed by atoms with E-state index in [4.69, 9.17) is 4.42 Å². The van der Waals surface area contributed by atoms with Gasteiger partial charge in [0.25, 0.3) is 11.6 Å². The molecular formula is C14H14N2O4S. The second-order valence-electron chi connectivity index (χ2n) is 4.38. The Morgan fingerprint density at radius 1 is 1.43 bits per heavy atom. The number of thioether (sulfide) groups is 1. The molecule has 0 saturated heterocycles. The van der Waals surface area contributed by atoms with E-state index in [1.165, 1.54) is 29.0 Å². The standard InChI is InChI=1S/C14H14N2O4S/c1-15(9-11-4-3-7-20-11)14(17)10-5-6-13(21-2)12(8-10)16(18)19/h3-8H,9H2,1-2H3. The molecule has 6 nitrogen and oxygen atoms in total. The molecule has 0 unspecified atom stereocenters. The molecule has 2 rings (SSSR count). The summed E-state index contributed by atoms with van der Waals surface area (Å²) in [7, 11) is 1.62. The van der Waals surface area contributed by atoms with Gasteiger partial charge in [-0.2, -0.15) is 0 Å². The monoisotopic (exact) mass is 306 g/mol. The van der Waals surface area contributed by atoms with Gasteiger partial charge >= 0.3 is 0 Å². The predicted octanol–water partition coefficient (Wildman–Crippen LogP) is 3.18. The van der Waals surface area contributed by atoms with Crippen LogP contribution in [-0.2, 0) is 6.54 Å². The molecule has 0 aliphatic heterocycles. The zero-order valence-electron chi connectivity index (χ0n) is 11.6. The Morgan fingerprint density at radius 2 is 2.19 bits per heavy atom. The van der Waals surface area contributed by atoms with Gasteiger partial charge in [0, 0.05) is 18.7 Å². The van der Waals surface area contributed by atoms with Crippen molar-refractivity contribution < 1.29 is 14.1 Å². The first kappa shape index (κ1) is 15.1. The molecule has 110 valence electrons. The number of hydrogen-bond donors (Lipinski definition) is 0. The highest BCUT2D eigenvalue weighted by Crippen LogP contribution is 2.28. The molecule has 0 atom stereocenters. The van der Waals surface area contributed by atoms with Crippen molar-refractivity contribution in [1.82, 2.24) is 4.90 Å². The normalized spacial score (nSPS) is 10.4. The molecule has 0 spiro atoms. The molecule has 21 heavy (non-hydrogen) atoms. The second-order valence-corrected chi connectivity index (χ2v) is 5.23. The smallest absolute Gasteiger partial charge is 0.283 e. The maximum Gasteiger partial charge on any atom is 0.283 e. The number of amides is 1. The Hall–Kier alpha value is -2.28. The lowest BCUT2D eigenvalue weighted by Gasteiger charge is -2.15. The van der Waals surface area contributed by atoms with E-state index >= 15 is 0 Å². The molecule has 2 aromatic rings. The van der Waals surface area contributed by atoms with Gasteiger partial charge in [-0.25, -0.2) is 0 Å². The van der Waals surface area contributed by atoms with Gasteiger partial charge in [-0.05, 0) is 30.5 Å². The van der Waals surface area contributed by atoms with Crippen LogP contribution in [0.25, 0.3) is 0 Å². The Kier molecular flexibility index (Phi) is 4.64. The van der Waals surface area contributed by atoms with Crippen LogP contribution < -0.4 is 0 Å². The highest BCUT2D eigenvalue weighted by Gasteiger charge is 2.19. The van der Waals surface area contributed by atoms with Gasteiger partial charge in [0.05, 0.1) is 22.6 Å². The molecule has 0 radical (unpaired) electrons. The zero-order valence-corrected chi connectivity index (χ0v) is 12.4. The number of carbonyl (C=O) groups excluding carboxylic acids is 1. The van der Waals surface area contributed by atoms with E-state index in [1.54, 1.807) is 37.6 Å². The largest absolute Gasteiger partial charge is 0.467 e. The van der Waals surface area contributed by atoms with Crippen LogP contribution in [0.3, 0.4) is 0 Å². The fraction of sp³-hybridized carbons (Fsp3) is 0.214. The van der Waals surface area contributed by atoms with Gasteiger partial charge in [0.2, 0.25) is 0 Å². The molecule has 0 aliphatic rings. The van der Waals surface area contributed by atoms with E-state index in [2.05, 4.69) is 0 Å². The van der Waals surface area contributed by atoms with E-state index in [1.807, 2.05) is 0 Å². The quantitative estimate of drug-likeness (QED) is 0.481. The fourth-order valence-corrected chi connectivity index (χ4v) is 2.44. The molecule has 0 saturated carbocycles. The molecule has 0 N–H and O–H groups in total. The first-order valence-electron chi connectivity index (χ1n) is 6.13. The maximum atomic E-state index is 12.3. The zero-order chi connectivity index (χ0) is 15.4. The average molecular weight is 306 g/mol. The summed E-state index contributed by atoms with van der Waals surface area (Å²) in [5.74, 6) is 0.364. The van der Waals surface area contributed by atoms with Crippen molar-refractivity contribution in [1.29, 1.82) is 0 Å². The van der Waals surface area contributed by atoms with Gasteiger partial charge in [0.15, 0.2) is 0 Å². The first-order chi connectivity index (χ1) is 10.0. The molecule has 1 amide bonds. The van der Waals surface area contributed by atoms with E-state index in [9.17, 15) is 14.9 Å². The first-order valence-corrected chi connectivity index (χ1v) is 7.35. The Labute approximate surface area is 125 Å². The average Bonchev–Trinajstić information content (AvgIpc) is 2.98. The summed E-state index contributed by atoms with van der Waals surface area (Å²) in [6, 6.07) is 8.01. The van der Waals surface area contributed by atoms with Crippen LogP contribution in [0.1, 0.15) is 16.1 Å². The number of benzene rings is 1. The molecule has 1 aromatic carbocycles. The number of carbonyl (C=O) groups is 1. The fourth-order valence-electron chi connectivity index (χ4n) is 1.89. The minimum atomic E-state index is -0.477. The Morgan fingerprint density at radius 3 is 2.76 bits per heavy atom. The van der Waals surface area contributed by atoms with Gasteiger partial charge in [-0.15, -0.1) is 11.8 Å². The molecule has 1 aromatic heterocycles. The van der Waals surface area contributed by atoms with E-state index < -0.39 is 4.92 Å². The Bertz CT molecular complexity index is 655. The third-order valence-corrected chi connectivity index (χ3v) is 3.73. The van der Waals surface area contributed by atoms with Crippen LogP contribution in [0.5, 0.6) is 0 Å². The third-order valence-electron chi connectivity index (χ3n) is 2.94. The lowest BCUT2D eigenvalue weighted by Crippen LogP contribution is -2.26. The minimum absolute atomic E-state index is 0.0558. The van der Waals surface area contributed by atoms with Crippen molar-refractivity contribution in [3.63, 3.8) is 0 Å². The van der Waals surface area contributed by atoms with Crippen molar-refractivity contribution in [2.24, 2.45) is 0 Å². The van der Waals surface area contributed by atoms with Crippen LogP contribution >= 0.6 is 11.8 Å². The van der Waals surface area contributed by atoms with Crippen LogP contribution in [0.2, 0.25) is 0 Å². The van der Waals surface area contributed by atoms with Crippen molar-refractivity contribution in [2.75, 3.05) is 13.3 Å². The summed E-state index contributed by atoms with van der Waals surface area (Å²) in [6.45, 7) is 0.309. The van der Waals surface area contributed by atoms with E-state index in [0.717, 1.165) is 0 Å². The summed E-state index contributed by atoms with van der Waals surface area (Å²) in [6.07, 6.45) is 3.29.